The molecule has 0 saturated heterocycles. The molecule has 0 fully saturated rings. The standard InChI is InChI=1S/C19H19ClN4O4/c1-11-2-4-14(28-11)10-21-17(25)6-7-18(26)23-24-19(27)16-9-12-8-13(20)3-5-15(12)22-16/h2-5,8-9,22H,6-7,10H2,1H3,(H,21,25)(H,23,26)(H,24,27). The van der Waals surface area contributed by atoms with Gasteiger partial charge in [-0.25, -0.2) is 0 Å². The lowest BCUT2D eigenvalue weighted by Gasteiger charge is -2.06. The number of fused-ring (bicyclic) bond motifs is 1. The van der Waals surface area contributed by atoms with Gasteiger partial charge < -0.3 is 14.7 Å². The van der Waals surface area contributed by atoms with Gasteiger partial charge in [0.25, 0.3) is 5.91 Å². The van der Waals surface area contributed by atoms with Gasteiger partial charge in [-0.15, -0.1) is 0 Å². The Kier molecular flexibility index (Phi) is 6.00. The minimum absolute atomic E-state index is 0.00766. The number of amides is 3. The molecule has 0 aliphatic heterocycles. The van der Waals surface area contributed by atoms with E-state index in [1.165, 1.54) is 0 Å². The number of hydrogen-bond donors (Lipinski definition) is 4. The molecule has 2 heterocycles. The van der Waals surface area contributed by atoms with E-state index < -0.39 is 11.8 Å². The molecule has 8 nitrogen and oxygen atoms in total. The zero-order valence-corrected chi connectivity index (χ0v) is 15.9. The zero-order valence-electron chi connectivity index (χ0n) is 15.1. The van der Waals surface area contributed by atoms with Crippen molar-refractivity contribution in [3.63, 3.8) is 0 Å². The summed E-state index contributed by atoms with van der Waals surface area (Å²) in [5.74, 6) is 0.137. The fourth-order valence-electron chi connectivity index (χ4n) is 2.56. The van der Waals surface area contributed by atoms with E-state index in [-0.39, 0.29) is 31.0 Å². The third-order valence-corrected chi connectivity index (χ3v) is 4.21. The van der Waals surface area contributed by atoms with Crippen LogP contribution in [-0.2, 0) is 16.1 Å². The zero-order chi connectivity index (χ0) is 20.1. The van der Waals surface area contributed by atoms with Crippen LogP contribution in [0.25, 0.3) is 10.9 Å². The highest BCUT2D eigenvalue weighted by Gasteiger charge is 2.12. The fraction of sp³-hybridized carbons (Fsp3) is 0.211. The van der Waals surface area contributed by atoms with Crippen molar-refractivity contribution in [3.05, 3.63) is 58.6 Å². The number of aromatic nitrogens is 1. The van der Waals surface area contributed by atoms with Gasteiger partial charge in [0.2, 0.25) is 11.8 Å². The third kappa shape index (κ3) is 5.14. The fourth-order valence-corrected chi connectivity index (χ4v) is 2.74. The van der Waals surface area contributed by atoms with Crippen LogP contribution in [-0.4, -0.2) is 22.7 Å². The van der Waals surface area contributed by atoms with Gasteiger partial charge in [0.15, 0.2) is 0 Å². The largest absolute Gasteiger partial charge is 0.465 e. The third-order valence-electron chi connectivity index (χ3n) is 3.98. The monoisotopic (exact) mass is 402 g/mol. The van der Waals surface area contributed by atoms with E-state index in [1.807, 2.05) is 6.92 Å². The molecule has 3 aromatic rings. The van der Waals surface area contributed by atoms with E-state index in [0.717, 1.165) is 16.7 Å². The summed E-state index contributed by atoms with van der Waals surface area (Å²) in [6.45, 7) is 2.07. The molecular formula is C19H19ClN4O4. The van der Waals surface area contributed by atoms with Gasteiger partial charge in [-0.05, 0) is 43.3 Å². The molecule has 1 aromatic carbocycles. The maximum absolute atomic E-state index is 12.1. The number of H-pyrrole nitrogens is 1. The Morgan fingerprint density at radius 2 is 1.82 bits per heavy atom. The van der Waals surface area contributed by atoms with E-state index in [4.69, 9.17) is 16.0 Å². The van der Waals surface area contributed by atoms with Crippen molar-refractivity contribution in [1.82, 2.24) is 21.2 Å². The number of benzene rings is 1. The van der Waals surface area contributed by atoms with Gasteiger partial charge in [0.05, 0.1) is 6.54 Å². The van der Waals surface area contributed by atoms with E-state index in [0.29, 0.717) is 10.8 Å². The highest BCUT2D eigenvalue weighted by molar-refractivity contribution is 6.31. The number of aryl methyl sites for hydroxylation is 1. The summed E-state index contributed by atoms with van der Waals surface area (Å²) in [6, 6.07) is 10.4. The molecule has 0 saturated carbocycles. The lowest BCUT2D eigenvalue weighted by Crippen LogP contribution is -2.42. The van der Waals surface area contributed by atoms with E-state index >= 15 is 0 Å². The first-order chi connectivity index (χ1) is 13.4. The second-order valence-electron chi connectivity index (χ2n) is 6.21. The van der Waals surface area contributed by atoms with Crippen LogP contribution in [0.1, 0.15) is 34.9 Å². The van der Waals surface area contributed by atoms with Crippen LogP contribution in [0.4, 0.5) is 0 Å². The number of nitrogens with one attached hydrogen (secondary N) is 4. The molecular weight excluding hydrogens is 384 g/mol. The van der Waals surface area contributed by atoms with Crippen LogP contribution in [0, 0.1) is 6.92 Å². The molecule has 0 bridgehead atoms. The second kappa shape index (κ2) is 8.62. The van der Waals surface area contributed by atoms with E-state index in [2.05, 4.69) is 21.2 Å². The average Bonchev–Trinajstić information content (AvgIpc) is 3.28. The van der Waals surface area contributed by atoms with Gasteiger partial charge in [0.1, 0.15) is 17.2 Å². The predicted molar refractivity (Wildman–Crippen MR) is 103 cm³/mol. The first-order valence-corrected chi connectivity index (χ1v) is 8.98. The van der Waals surface area contributed by atoms with Crippen molar-refractivity contribution >= 4 is 40.2 Å². The van der Waals surface area contributed by atoms with Crippen molar-refractivity contribution < 1.29 is 18.8 Å². The molecule has 0 unspecified atom stereocenters. The number of hydrogen-bond acceptors (Lipinski definition) is 4. The van der Waals surface area contributed by atoms with Crippen molar-refractivity contribution in [2.45, 2.75) is 26.3 Å². The Labute approximate surface area is 165 Å². The summed E-state index contributed by atoms with van der Waals surface area (Å²) in [4.78, 5) is 38.7. The number of rotatable bonds is 6. The summed E-state index contributed by atoms with van der Waals surface area (Å²) in [5, 5.41) is 4.01. The molecule has 0 spiro atoms. The molecule has 0 aliphatic carbocycles. The first kappa shape index (κ1) is 19.5. The molecule has 0 aliphatic rings. The van der Waals surface area contributed by atoms with Crippen LogP contribution < -0.4 is 16.2 Å². The van der Waals surface area contributed by atoms with Gasteiger partial charge in [0, 0.05) is 28.8 Å². The quantitative estimate of drug-likeness (QED) is 0.474. The highest BCUT2D eigenvalue weighted by Crippen LogP contribution is 2.19. The summed E-state index contributed by atoms with van der Waals surface area (Å²) in [6.07, 6.45) is -0.0715. The van der Waals surface area contributed by atoms with Crippen LogP contribution in [0.3, 0.4) is 0 Å². The molecule has 0 radical (unpaired) electrons. The molecule has 3 amide bonds. The van der Waals surface area contributed by atoms with Gasteiger partial charge in [-0.2, -0.15) is 0 Å². The van der Waals surface area contributed by atoms with Crippen molar-refractivity contribution in [2.24, 2.45) is 0 Å². The van der Waals surface area contributed by atoms with Crippen molar-refractivity contribution in [3.8, 4) is 0 Å². The predicted octanol–water partition coefficient (Wildman–Crippen LogP) is 2.58. The van der Waals surface area contributed by atoms with Crippen LogP contribution >= 0.6 is 11.6 Å². The Morgan fingerprint density at radius 1 is 1.04 bits per heavy atom. The van der Waals surface area contributed by atoms with Crippen molar-refractivity contribution in [1.29, 1.82) is 0 Å². The van der Waals surface area contributed by atoms with Crippen LogP contribution in [0.2, 0.25) is 5.02 Å². The SMILES string of the molecule is Cc1ccc(CNC(=O)CCC(=O)NNC(=O)c2cc3cc(Cl)ccc3[nH]2)o1. The summed E-state index contributed by atoms with van der Waals surface area (Å²) in [5.41, 5.74) is 5.63. The summed E-state index contributed by atoms with van der Waals surface area (Å²) >= 11 is 5.92. The summed E-state index contributed by atoms with van der Waals surface area (Å²) in [7, 11) is 0. The molecule has 4 N–H and O–H groups in total. The van der Waals surface area contributed by atoms with E-state index in [1.54, 1.807) is 36.4 Å². The Hall–Kier alpha value is -3.26. The lowest BCUT2D eigenvalue weighted by atomic mass is 10.2. The van der Waals surface area contributed by atoms with Crippen molar-refractivity contribution in [2.75, 3.05) is 0 Å². The minimum atomic E-state index is -0.502. The van der Waals surface area contributed by atoms with Crippen LogP contribution in [0.15, 0.2) is 40.8 Å². The number of aromatic amines is 1. The molecule has 146 valence electrons. The maximum atomic E-state index is 12.1. The van der Waals surface area contributed by atoms with Crippen LogP contribution in [0.5, 0.6) is 0 Å². The summed E-state index contributed by atoms with van der Waals surface area (Å²) < 4.78 is 5.34. The maximum Gasteiger partial charge on any atom is 0.286 e. The number of hydrazine groups is 1. The molecule has 28 heavy (non-hydrogen) atoms. The normalized spacial score (nSPS) is 10.6. The smallest absolute Gasteiger partial charge is 0.286 e. The molecule has 2 aromatic heterocycles. The first-order valence-electron chi connectivity index (χ1n) is 8.60. The number of halogens is 1. The Bertz CT molecular complexity index is 1020. The Balaban J connectivity index is 1.40. The molecule has 3 rings (SSSR count). The van der Waals surface area contributed by atoms with Gasteiger partial charge in [-0.3, -0.25) is 25.2 Å². The average molecular weight is 403 g/mol. The lowest BCUT2D eigenvalue weighted by molar-refractivity contribution is -0.126. The number of carbonyl (C=O) groups is 3. The minimum Gasteiger partial charge on any atom is -0.465 e. The van der Waals surface area contributed by atoms with E-state index in [9.17, 15) is 14.4 Å². The number of carbonyl (C=O) groups excluding carboxylic acids is 3. The van der Waals surface area contributed by atoms with Gasteiger partial charge >= 0.3 is 0 Å². The van der Waals surface area contributed by atoms with Gasteiger partial charge in [-0.1, -0.05) is 11.6 Å². The highest BCUT2D eigenvalue weighted by atomic mass is 35.5. The number of furan rings is 1. The second-order valence-corrected chi connectivity index (χ2v) is 6.64. The Morgan fingerprint density at radius 3 is 2.57 bits per heavy atom. The molecule has 0 atom stereocenters. The topological polar surface area (TPSA) is 116 Å². The molecule has 9 heteroatoms.